The molecular weight excluding hydrogens is 214 g/mol. The Morgan fingerprint density at radius 2 is 2.13 bits per heavy atom. The third-order valence-corrected chi connectivity index (χ3v) is 2.43. The minimum atomic E-state index is -0.777. The monoisotopic (exact) mass is 227 g/mol. The van der Waals surface area contributed by atoms with Crippen molar-refractivity contribution in [1.29, 1.82) is 0 Å². The van der Waals surface area contributed by atoms with Gasteiger partial charge in [-0.05, 0) is 24.6 Å². The fraction of sp³-hybridized carbons (Fsp3) is 0.300. The third kappa shape index (κ3) is 2.43. The molecule has 4 nitrogen and oxygen atoms in total. The highest BCUT2D eigenvalue weighted by molar-refractivity contribution is 7.80. The van der Waals surface area contributed by atoms with Crippen LogP contribution in [0.2, 0.25) is 0 Å². The number of hydrogen-bond acceptors (Lipinski definition) is 5. The van der Waals surface area contributed by atoms with Crippen LogP contribution in [0.5, 0.6) is 11.5 Å². The summed E-state index contributed by atoms with van der Waals surface area (Å²) in [4.78, 5) is 11.7. The van der Waals surface area contributed by atoms with Gasteiger partial charge in [0, 0.05) is 5.75 Å². The second-order valence-corrected chi connectivity index (χ2v) is 3.70. The van der Waals surface area contributed by atoms with E-state index in [1.807, 2.05) is 0 Å². The van der Waals surface area contributed by atoms with Gasteiger partial charge in [-0.2, -0.15) is 12.6 Å². The number of phenols is 2. The molecule has 0 aromatic heterocycles. The van der Waals surface area contributed by atoms with Gasteiger partial charge in [0.1, 0.15) is 0 Å². The van der Waals surface area contributed by atoms with Gasteiger partial charge in [-0.3, -0.25) is 4.79 Å². The first kappa shape index (κ1) is 11.9. The fourth-order valence-electron chi connectivity index (χ4n) is 1.23. The predicted molar refractivity (Wildman–Crippen MR) is 60.7 cm³/mol. The minimum Gasteiger partial charge on any atom is -0.504 e. The van der Waals surface area contributed by atoms with E-state index in [1.165, 1.54) is 12.1 Å². The second-order valence-electron chi connectivity index (χ2n) is 3.33. The van der Waals surface area contributed by atoms with E-state index in [2.05, 4.69) is 12.6 Å². The first-order valence-electron chi connectivity index (χ1n) is 4.40. The molecule has 0 heterocycles. The zero-order valence-corrected chi connectivity index (χ0v) is 9.16. The molecule has 0 aliphatic heterocycles. The molecule has 1 aromatic carbocycles. The number of Topliss-reactive ketones (excluding diaryl/α,β-unsaturated/α-hetero) is 1. The fourth-order valence-corrected chi connectivity index (χ4v) is 1.40. The molecule has 0 spiro atoms. The van der Waals surface area contributed by atoms with Crippen LogP contribution in [0.15, 0.2) is 12.1 Å². The van der Waals surface area contributed by atoms with E-state index < -0.39 is 17.6 Å². The average molecular weight is 227 g/mol. The Morgan fingerprint density at radius 1 is 1.53 bits per heavy atom. The molecular formula is C10H13NO3S. The molecule has 0 amide bonds. The third-order valence-electron chi connectivity index (χ3n) is 2.03. The number of carbonyl (C=O) groups is 1. The van der Waals surface area contributed by atoms with Crippen molar-refractivity contribution in [3.63, 3.8) is 0 Å². The summed E-state index contributed by atoms with van der Waals surface area (Å²) in [6.07, 6.45) is 0. The number of aromatic hydroxyl groups is 2. The largest absolute Gasteiger partial charge is 0.504 e. The Bertz CT molecular complexity index is 392. The van der Waals surface area contributed by atoms with E-state index in [4.69, 9.17) is 5.73 Å². The van der Waals surface area contributed by atoms with Crippen LogP contribution in [0.4, 0.5) is 0 Å². The van der Waals surface area contributed by atoms with Crippen molar-refractivity contribution in [2.24, 2.45) is 5.73 Å². The highest BCUT2D eigenvalue weighted by Gasteiger charge is 2.20. The lowest BCUT2D eigenvalue weighted by Gasteiger charge is -2.10. The van der Waals surface area contributed by atoms with Gasteiger partial charge in [0.15, 0.2) is 17.3 Å². The normalized spacial score (nSPS) is 12.5. The number of benzene rings is 1. The van der Waals surface area contributed by atoms with Crippen molar-refractivity contribution in [2.75, 3.05) is 5.75 Å². The summed E-state index contributed by atoms with van der Waals surface area (Å²) in [5, 5.41) is 18.8. The number of aryl methyl sites for hydroxylation is 1. The van der Waals surface area contributed by atoms with E-state index in [0.29, 0.717) is 5.56 Å². The lowest BCUT2D eigenvalue weighted by atomic mass is 10.0. The van der Waals surface area contributed by atoms with Crippen LogP contribution in [0, 0.1) is 6.92 Å². The molecule has 0 aliphatic carbocycles. The van der Waals surface area contributed by atoms with E-state index in [9.17, 15) is 15.0 Å². The quantitative estimate of drug-likeness (QED) is 0.350. The summed E-state index contributed by atoms with van der Waals surface area (Å²) in [6, 6.07) is 2.08. The molecule has 0 saturated heterocycles. The van der Waals surface area contributed by atoms with E-state index in [-0.39, 0.29) is 17.1 Å². The Hall–Kier alpha value is -1.20. The van der Waals surface area contributed by atoms with Crippen LogP contribution in [0.3, 0.4) is 0 Å². The maximum absolute atomic E-state index is 11.7. The number of carbonyl (C=O) groups excluding carboxylic acids is 1. The van der Waals surface area contributed by atoms with Gasteiger partial charge in [0.2, 0.25) is 0 Å². The molecule has 0 bridgehead atoms. The van der Waals surface area contributed by atoms with Gasteiger partial charge in [-0.25, -0.2) is 0 Å². The van der Waals surface area contributed by atoms with Crippen LogP contribution >= 0.6 is 12.6 Å². The Morgan fingerprint density at radius 3 is 2.67 bits per heavy atom. The van der Waals surface area contributed by atoms with Crippen molar-refractivity contribution < 1.29 is 15.0 Å². The molecule has 0 fully saturated rings. The summed E-state index contributed by atoms with van der Waals surface area (Å²) in [7, 11) is 0. The van der Waals surface area contributed by atoms with Gasteiger partial charge in [-0.1, -0.05) is 0 Å². The maximum atomic E-state index is 11.7. The number of rotatable bonds is 3. The molecule has 5 heteroatoms. The van der Waals surface area contributed by atoms with Gasteiger partial charge in [0.25, 0.3) is 0 Å². The second kappa shape index (κ2) is 4.55. The van der Waals surface area contributed by atoms with Crippen molar-refractivity contribution in [3.05, 3.63) is 23.3 Å². The van der Waals surface area contributed by atoms with E-state index in [1.54, 1.807) is 6.92 Å². The molecule has 1 aromatic rings. The average Bonchev–Trinajstić information content (AvgIpc) is 2.21. The number of thiol groups is 1. The first-order chi connectivity index (χ1) is 6.97. The number of hydrogen-bond donors (Lipinski definition) is 4. The summed E-state index contributed by atoms with van der Waals surface area (Å²) in [5.74, 6) is -0.985. The highest BCUT2D eigenvalue weighted by atomic mass is 32.1. The Labute approximate surface area is 93.1 Å². The van der Waals surface area contributed by atoms with Crippen LogP contribution in [-0.4, -0.2) is 27.8 Å². The molecule has 82 valence electrons. The minimum absolute atomic E-state index is 0.0362. The van der Waals surface area contributed by atoms with Gasteiger partial charge in [-0.15, -0.1) is 0 Å². The van der Waals surface area contributed by atoms with E-state index in [0.717, 1.165) is 0 Å². The van der Waals surface area contributed by atoms with Crippen LogP contribution in [0.1, 0.15) is 15.9 Å². The number of nitrogens with two attached hydrogens (primary N) is 1. The summed E-state index contributed by atoms with van der Waals surface area (Å²) >= 11 is 3.90. The summed E-state index contributed by atoms with van der Waals surface area (Å²) in [5.41, 5.74) is 6.22. The molecule has 1 rings (SSSR count). The molecule has 1 atom stereocenters. The van der Waals surface area contributed by atoms with E-state index >= 15 is 0 Å². The lowest BCUT2D eigenvalue weighted by molar-refractivity contribution is 0.0966. The van der Waals surface area contributed by atoms with Crippen LogP contribution < -0.4 is 5.73 Å². The molecule has 0 saturated carbocycles. The topological polar surface area (TPSA) is 83.5 Å². The molecule has 0 unspecified atom stereocenters. The highest BCUT2D eigenvalue weighted by Crippen LogP contribution is 2.30. The van der Waals surface area contributed by atoms with Crippen molar-refractivity contribution in [2.45, 2.75) is 13.0 Å². The van der Waals surface area contributed by atoms with Crippen LogP contribution in [0.25, 0.3) is 0 Å². The maximum Gasteiger partial charge on any atom is 0.184 e. The molecule has 0 radical (unpaired) electrons. The standard InChI is InChI=1S/C10H13NO3S/c1-5-2-6(9(13)7(11)4-15)10(14)8(12)3-5/h2-3,7,12,14-15H,4,11H2,1H3/t7-/m0/s1. The summed E-state index contributed by atoms with van der Waals surface area (Å²) in [6.45, 7) is 1.71. The van der Waals surface area contributed by atoms with Gasteiger partial charge in [0.05, 0.1) is 11.6 Å². The number of ketones is 1. The molecule has 15 heavy (non-hydrogen) atoms. The Balaban J connectivity index is 3.19. The summed E-state index contributed by atoms with van der Waals surface area (Å²) < 4.78 is 0. The lowest BCUT2D eigenvalue weighted by Crippen LogP contribution is -2.32. The predicted octanol–water partition coefficient (Wildman–Crippen LogP) is 0.846. The zero-order valence-electron chi connectivity index (χ0n) is 8.27. The van der Waals surface area contributed by atoms with Gasteiger partial charge < -0.3 is 15.9 Å². The van der Waals surface area contributed by atoms with Crippen molar-refractivity contribution >= 4 is 18.4 Å². The van der Waals surface area contributed by atoms with Crippen LogP contribution in [-0.2, 0) is 0 Å². The number of phenolic OH excluding ortho intramolecular Hbond substituents is 2. The van der Waals surface area contributed by atoms with Gasteiger partial charge >= 0.3 is 0 Å². The van der Waals surface area contributed by atoms with Crippen molar-refractivity contribution in [3.8, 4) is 11.5 Å². The smallest absolute Gasteiger partial charge is 0.184 e. The van der Waals surface area contributed by atoms with Crippen molar-refractivity contribution in [1.82, 2.24) is 0 Å². The SMILES string of the molecule is Cc1cc(O)c(O)c(C(=O)[C@@H](N)CS)c1. The zero-order chi connectivity index (χ0) is 11.6. The molecule has 0 aliphatic rings. The Kier molecular flexibility index (Phi) is 3.60. The molecule has 4 N–H and O–H groups in total. The first-order valence-corrected chi connectivity index (χ1v) is 5.03.